The van der Waals surface area contributed by atoms with Crippen molar-refractivity contribution in [2.24, 2.45) is 0 Å². The van der Waals surface area contributed by atoms with Crippen LogP contribution in [0, 0.1) is 13.8 Å². The molecular formula is C26H23N3O2. The number of anilines is 1. The van der Waals surface area contributed by atoms with Crippen molar-refractivity contribution in [2.45, 2.75) is 26.8 Å². The molecule has 31 heavy (non-hydrogen) atoms. The van der Waals surface area contributed by atoms with E-state index in [-0.39, 0.29) is 18.4 Å². The Morgan fingerprint density at radius 2 is 1.71 bits per heavy atom. The largest absolute Gasteiger partial charge is 0.336 e. The summed E-state index contributed by atoms with van der Waals surface area (Å²) < 4.78 is 0. The van der Waals surface area contributed by atoms with E-state index in [1.165, 1.54) is 10.5 Å². The maximum atomic E-state index is 13.6. The number of aryl methyl sites for hydroxylation is 2. The van der Waals surface area contributed by atoms with E-state index < -0.39 is 0 Å². The van der Waals surface area contributed by atoms with Gasteiger partial charge in [0.15, 0.2) is 0 Å². The lowest BCUT2D eigenvalue weighted by Gasteiger charge is -2.21. The van der Waals surface area contributed by atoms with E-state index in [9.17, 15) is 9.59 Å². The standard InChI is InChI=1S/C26H23N3O2/c1-17-10-11-20(15-18(17)2)23-24(28-14-12-19-7-3-4-9-22(19)28)26(31)29(25(23)30)16-21-8-5-6-13-27-21/h3-11,13,15H,12,14,16H2,1-2H3. The second-order valence-electron chi connectivity index (χ2n) is 8.07. The number of nitrogens with zero attached hydrogens (tertiary/aromatic N) is 3. The minimum Gasteiger partial charge on any atom is -0.336 e. The lowest BCUT2D eigenvalue weighted by molar-refractivity contribution is -0.137. The first-order chi connectivity index (χ1) is 15.0. The number of benzene rings is 2. The summed E-state index contributed by atoms with van der Waals surface area (Å²) in [4.78, 5) is 34.9. The molecule has 0 aliphatic carbocycles. The van der Waals surface area contributed by atoms with Gasteiger partial charge in [0, 0.05) is 18.4 Å². The van der Waals surface area contributed by atoms with Gasteiger partial charge in [-0.15, -0.1) is 0 Å². The third kappa shape index (κ3) is 3.22. The molecule has 1 aromatic heterocycles. The number of carbonyl (C=O) groups excluding carboxylic acids is 2. The monoisotopic (exact) mass is 409 g/mol. The quantitative estimate of drug-likeness (QED) is 0.611. The van der Waals surface area contributed by atoms with Crippen LogP contribution in [0.5, 0.6) is 0 Å². The molecule has 0 N–H and O–H groups in total. The Labute approximate surface area is 181 Å². The highest BCUT2D eigenvalue weighted by Gasteiger charge is 2.43. The molecule has 0 radical (unpaired) electrons. The van der Waals surface area contributed by atoms with Gasteiger partial charge >= 0.3 is 0 Å². The molecule has 2 aliphatic heterocycles. The average molecular weight is 409 g/mol. The zero-order valence-corrected chi connectivity index (χ0v) is 17.6. The fraction of sp³-hybridized carbons (Fsp3) is 0.192. The van der Waals surface area contributed by atoms with Crippen molar-refractivity contribution in [3.8, 4) is 0 Å². The van der Waals surface area contributed by atoms with Gasteiger partial charge in [-0.3, -0.25) is 19.5 Å². The number of carbonyl (C=O) groups is 2. The molecule has 5 rings (SSSR count). The number of para-hydroxylation sites is 1. The first-order valence-electron chi connectivity index (χ1n) is 10.5. The molecule has 2 aromatic carbocycles. The molecule has 3 aromatic rings. The van der Waals surface area contributed by atoms with E-state index in [0.717, 1.165) is 28.8 Å². The highest BCUT2D eigenvalue weighted by Crippen LogP contribution is 2.39. The van der Waals surface area contributed by atoms with Gasteiger partial charge in [-0.1, -0.05) is 42.5 Å². The van der Waals surface area contributed by atoms with Crippen molar-refractivity contribution in [3.63, 3.8) is 0 Å². The number of hydrogen-bond donors (Lipinski definition) is 0. The number of aromatic nitrogens is 1. The molecule has 0 saturated carbocycles. The topological polar surface area (TPSA) is 53.5 Å². The predicted octanol–water partition coefficient (Wildman–Crippen LogP) is 4.04. The van der Waals surface area contributed by atoms with Gasteiger partial charge in [0.25, 0.3) is 11.8 Å². The molecule has 154 valence electrons. The Bertz CT molecular complexity index is 1230. The summed E-state index contributed by atoms with van der Waals surface area (Å²) >= 11 is 0. The van der Waals surface area contributed by atoms with Crippen LogP contribution in [0.3, 0.4) is 0 Å². The summed E-state index contributed by atoms with van der Waals surface area (Å²) in [7, 11) is 0. The molecule has 2 amide bonds. The number of hydrogen-bond acceptors (Lipinski definition) is 4. The van der Waals surface area contributed by atoms with Gasteiger partial charge < -0.3 is 4.90 Å². The zero-order valence-electron chi connectivity index (χ0n) is 17.6. The molecule has 0 unspecified atom stereocenters. The zero-order chi connectivity index (χ0) is 21.5. The Morgan fingerprint density at radius 3 is 2.48 bits per heavy atom. The van der Waals surface area contributed by atoms with E-state index in [1.54, 1.807) is 6.20 Å². The van der Waals surface area contributed by atoms with Crippen molar-refractivity contribution in [2.75, 3.05) is 11.4 Å². The van der Waals surface area contributed by atoms with Crippen LogP contribution >= 0.6 is 0 Å². The van der Waals surface area contributed by atoms with Crippen LogP contribution in [0.4, 0.5) is 5.69 Å². The van der Waals surface area contributed by atoms with E-state index in [2.05, 4.69) is 11.1 Å². The lowest BCUT2D eigenvalue weighted by atomic mass is 9.99. The maximum absolute atomic E-state index is 13.6. The molecule has 0 fully saturated rings. The molecule has 5 heteroatoms. The summed E-state index contributed by atoms with van der Waals surface area (Å²) in [5.41, 5.74) is 6.84. The second-order valence-corrected chi connectivity index (χ2v) is 8.07. The molecule has 0 saturated heterocycles. The molecule has 2 aliphatic rings. The third-order valence-corrected chi connectivity index (χ3v) is 6.14. The van der Waals surface area contributed by atoms with Crippen molar-refractivity contribution in [1.82, 2.24) is 9.88 Å². The van der Waals surface area contributed by atoms with Crippen LogP contribution in [0.2, 0.25) is 0 Å². The average Bonchev–Trinajstić information content (AvgIpc) is 3.30. The van der Waals surface area contributed by atoms with Gasteiger partial charge in [0.2, 0.25) is 0 Å². The van der Waals surface area contributed by atoms with E-state index in [4.69, 9.17) is 0 Å². The van der Waals surface area contributed by atoms with Crippen LogP contribution in [0.1, 0.15) is 27.9 Å². The van der Waals surface area contributed by atoms with Gasteiger partial charge in [-0.25, -0.2) is 0 Å². The van der Waals surface area contributed by atoms with Gasteiger partial charge in [0.1, 0.15) is 5.70 Å². The summed E-state index contributed by atoms with van der Waals surface area (Å²) in [5.74, 6) is -0.529. The normalized spacial score (nSPS) is 15.8. The Hall–Kier alpha value is -3.73. The highest BCUT2D eigenvalue weighted by molar-refractivity contribution is 6.36. The molecular weight excluding hydrogens is 386 g/mol. The lowest BCUT2D eigenvalue weighted by Crippen LogP contribution is -2.34. The van der Waals surface area contributed by atoms with Crippen LogP contribution in [-0.2, 0) is 22.6 Å². The third-order valence-electron chi connectivity index (χ3n) is 6.14. The summed E-state index contributed by atoms with van der Waals surface area (Å²) in [5, 5.41) is 0. The number of rotatable bonds is 4. The summed E-state index contributed by atoms with van der Waals surface area (Å²) in [6.45, 7) is 4.91. The van der Waals surface area contributed by atoms with Crippen LogP contribution < -0.4 is 4.90 Å². The van der Waals surface area contributed by atoms with Crippen LogP contribution in [0.15, 0.2) is 72.6 Å². The smallest absolute Gasteiger partial charge is 0.278 e. The summed E-state index contributed by atoms with van der Waals surface area (Å²) in [6, 6.07) is 19.6. The fourth-order valence-corrected chi connectivity index (χ4v) is 4.34. The van der Waals surface area contributed by atoms with Gasteiger partial charge in [0.05, 0.1) is 17.8 Å². The van der Waals surface area contributed by atoms with Crippen molar-refractivity contribution >= 4 is 23.1 Å². The molecule has 0 bridgehead atoms. The highest BCUT2D eigenvalue weighted by atomic mass is 16.2. The van der Waals surface area contributed by atoms with Gasteiger partial charge in [-0.05, 0) is 60.7 Å². The molecule has 5 nitrogen and oxygen atoms in total. The second kappa shape index (κ2) is 7.51. The van der Waals surface area contributed by atoms with E-state index in [1.807, 2.05) is 73.3 Å². The number of amides is 2. The number of imide groups is 1. The maximum Gasteiger partial charge on any atom is 0.278 e. The van der Waals surface area contributed by atoms with Crippen molar-refractivity contribution < 1.29 is 9.59 Å². The fourth-order valence-electron chi connectivity index (χ4n) is 4.34. The number of fused-ring (bicyclic) bond motifs is 1. The van der Waals surface area contributed by atoms with Crippen molar-refractivity contribution in [3.05, 3.63) is 101 Å². The van der Waals surface area contributed by atoms with Gasteiger partial charge in [-0.2, -0.15) is 0 Å². The minimum absolute atomic E-state index is 0.159. The summed E-state index contributed by atoms with van der Waals surface area (Å²) in [6.07, 6.45) is 2.53. The molecule has 3 heterocycles. The van der Waals surface area contributed by atoms with Crippen molar-refractivity contribution in [1.29, 1.82) is 0 Å². The van der Waals surface area contributed by atoms with E-state index in [0.29, 0.717) is 23.5 Å². The molecule has 0 spiro atoms. The SMILES string of the molecule is Cc1ccc(C2=C(N3CCc4ccccc43)C(=O)N(Cc3ccccn3)C2=O)cc1C. The Balaban J connectivity index is 1.64. The predicted molar refractivity (Wildman–Crippen MR) is 120 cm³/mol. The minimum atomic E-state index is -0.265. The first-order valence-corrected chi connectivity index (χ1v) is 10.5. The Morgan fingerprint density at radius 1 is 0.903 bits per heavy atom. The Kier molecular flexibility index (Phi) is 4.66. The first kappa shape index (κ1) is 19.2. The number of pyridine rings is 1. The van der Waals surface area contributed by atoms with E-state index >= 15 is 0 Å². The molecule has 0 atom stereocenters. The van der Waals surface area contributed by atoms with Crippen LogP contribution in [0.25, 0.3) is 5.57 Å². The van der Waals surface area contributed by atoms with Crippen LogP contribution in [-0.4, -0.2) is 28.2 Å².